The molecule has 1 aromatic rings. The van der Waals surface area contributed by atoms with Crippen molar-refractivity contribution < 1.29 is 13.6 Å². The summed E-state index contributed by atoms with van der Waals surface area (Å²) in [6.45, 7) is -0.334. The quantitative estimate of drug-likeness (QED) is 0.789. The van der Waals surface area contributed by atoms with Gasteiger partial charge in [0.05, 0.1) is 12.2 Å². The fraction of sp³-hybridized carbons (Fsp3) is 0.300. The first-order valence-corrected chi connectivity index (χ1v) is 5.08. The molecule has 0 saturated heterocycles. The normalized spacial score (nSPS) is 10.5. The average Bonchev–Trinajstić information content (AvgIpc) is 2.16. The Morgan fingerprint density at radius 2 is 2.20 bits per heavy atom. The number of hydrogen-bond donors (Lipinski definition) is 0. The molecular formula is C10H10BrF2NO. The summed E-state index contributed by atoms with van der Waals surface area (Å²) < 4.78 is 24.9. The van der Waals surface area contributed by atoms with Crippen molar-refractivity contribution in [1.29, 1.82) is 0 Å². The maximum Gasteiger partial charge on any atom is 0.255 e. The van der Waals surface area contributed by atoms with Crippen LogP contribution in [-0.4, -0.2) is 26.3 Å². The number of rotatable bonds is 4. The minimum Gasteiger partial charge on any atom is -0.368 e. The highest BCUT2D eigenvalue weighted by Gasteiger charge is 2.11. The minimum absolute atomic E-state index is 0.334. The lowest BCUT2D eigenvalue weighted by molar-refractivity contribution is 0.112. The summed E-state index contributed by atoms with van der Waals surface area (Å²) in [5, 5.41) is 0. The number of benzene rings is 1. The third-order valence-corrected chi connectivity index (χ3v) is 2.57. The molecule has 0 aromatic heterocycles. The van der Waals surface area contributed by atoms with Crippen molar-refractivity contribution in [3.8, 4) is 0 Å². The molecule has 2 nitrogen and oxygen atoms in total. The maximum atomic E-state index is 12.1. The zero-order valence-electron chi connectivity index (χ0n) is 8.08. The van der Waals surface area contributed by atoms with Gasteiger partial charge in [0.1, 0.15) is 6.29 Å². The predicted octanol–water partition coefficient (Wildman–Crippen LogP) is 2.96. The minimum atomic E-state index is -2.38. The third kappa shape index (κ3) is 3.27. The Hall–Kier alpha value is -0.970. The summed E-state index contributed by atoms with van der Waals surface area (Å²) >= 11 is 3.23. The molecule has 0 fully saturated rings. The summed E-state index contributed by atoms with van der Waals surface area (Å²) in [7, 11) is 1.58. The van der Waals surface area contributed by atoms with E-state index in [0.29, 0.717) is 22.0 Å². The molecule has 5 heteroatoms. The van der Waals surface area contributed by atoms with E-state index in [1.807, 2.05) is 0 Å². The fourth-order valence-corrected chi connectivity index (χ4v) is 1.91. The molecule has 0 saturated carbocycles. The zero-order valence-corrected chi connectivity index (χ0v) is 9.67. The summed E-state index contributed by atoms with van der Waals surface area (Å²) in [6.07, 6.45) is -1.67. The largest absolute Gasteiger partial charge is 0.368 e. The van der Waals surface area contributed by atoms with Gasteiger partial charge in [-0.25, -0.2) is 8.78 Å². The topological polar surface area (TPSA) is 20.3 Å². The van der Waals surface area contributed by atoms with E-state index in [9.17, 15) is 13.6 Å². The summed E-state index contributed by atoms with van der Waals surface area (Å²) in [5.74, 6) is 0. The van der Waals surface area contributed by atoms with E-state index in [0.717, 1.165) is 0 Å². The Labute approximate surface area is 95.0 Å². The fourth-order valence-electron chi connectivity index (χ4n) is 1.21. The Morgan fingerprint density at radius 1 is 1.53 bits per heavy atom. The van der Waals surface area contributed by atoms with Gasteiger partial charge in [-0.15, -0.1) is 0 Å². The molecule has 0 radical (unpaired) electrons. The Balaban J connectivity index is 2.90. The number of aldehydes is 1. The number of halogens is 3. The second-order valence-corrected chi connectivity index (χ2v) is 3.95. The van der Waals surface area contributed by atoms with E-state index in [1.54, 1.807) is 25.2 Å². The van der Waals surface area contributed by atoms with E-state index in [-0.39, 0.29) is 6.54 Å². The molecule has 0 N–H and O–H groups in total. The van der Waals surface area contributed by atoms with Crippen LogP contribution in [0.4, 0.5) is 14.5 Å². The maximum absolute atomic E-state index is 12.1. The average molecular weight is 278 g/mol. The highest BCUT2D eigenvalue weighted by molar-refractivity contribution is 9.10. The summed E-state index contributed by atoms with van der Waals surface area (Å²) in [4.78, 5) is 11.9. The van der Waals surface area contributed by atoms with Gasteiger partial charge in [-0.3, -0.25) is 4.79 Å². The van der Waals surface area contributed by atoms with Gasteiger partial charge in [0.15, 0.2) is 0 Å². The first kappa shape index (κ1) is 12.1. The molecular weight excluding hydrogens is 268 g/mol. The van der Waals surface area contributed by atoms with Crippen LogP contribution in [0.2, 0.25) is 0 Å². The second kappa shape index (κ2) is 5.21. The van der Waals surface area contributed by atoms with E-state index in [4.69, 9.17) is 0 Å². The summed E-state index contributed by atoms with van der Waals surface area (Å²) in [6, 6.07) is 4.83. The van der Waals surface area contributed by atoms with Gasteiger partial charge in [0.25, 0.3) is 6.43 Å². The summed E-state index contributed by atoms with van der Waals surface area (Å²) in [5.41, 5.74) is 1.15. The van der Waals surface area contributed by atoms with E-state index in [1.165, 1.54) is 4.90 Å². The Bertz CT molecular complexity index is 357. The highest BCUT2D eigenvalue weighted by atomic mass is 79.9. The molecule has 0 aliphatic heterocycles. The first-order valence-electron chi connectivity index (χ1n) is 4.28. The smallest absolute Gasteiger partial charge is 0.255 e. The van der Waals surface area contributed by atoms with Crippen LogP contribution in [-0.2, 0) is 0 Å². The van der Waals surface area contributed by atoms with Gasteiger partial charge in [-0.1, -0.05) is 0 Å². The van der Waals surface area contributed by atoms with Crippen LogP contribution in [0.3, 0.4) is 0 Å². The lowest BCUT2D eigenvalue weighted by Crippen LogP contribution is -2.24. The predicted molar refractivity (Wildman–Crippen MR) is 58.8 cm³/mol. The van der Waals surface area contributed by atoms with E-state index >= 15 is 0 Å². The van der Waals surface area contributed by atoms with E-state index < -0.39 is 6.43 Å². The molecule has 82 valence electrons. The number of hydrogen-bond acceptors (Lipinski definition) is 2. The van der Waals surface area contributed by atoms with E-state index in [2.05, 4.69) is 15.9 Å². The number of carbonyl (C=O) groups excluding carboxylic acids is 1. The number of alkyl halides is 2. The second-order valence-electron chi connectivity index (χ2n) is 3.10. The Morgan fingerprint density at radius 3 is 2.67 bits per heavy atom. The number of carbonyl (C=O) groups is 1. The SMILES string of the molecule is CN(CC(F)F)c1ccc(C=O)cc1Br. The van der Waals surface area contributed by atoms with Crippen LogP contribution in [0.25, 0.3) is 0 Å². The molecule has 0 unspecified atom stereocenters. The number of anilines is 1. The van der Waals surface area contributed by atoms with Crippen LogP contribution in [0.15, 0.2) is 22.7 Å². The van der Waals surface area contributed by atoms with Gasteiger partial charge >= 0.3 is 0 Å². The molecule has 0 bridgehead atoms. The van der Waals surface area contributed by atoms with Crippen LogP contribution in [0.1, 0.15) is 10.4 Å². The molecule has 1 rings (SSSR count). The van der Waals surface area contributed by atoms with Crippen molar-refractivity contribution in [1.82, 2.24) is 0 Å². The van der Waals surface area contributed by atoms with Crippen molar-refractivity contribution in [2.24, 2.45) is 0 Å². The lowest BCUT2D eigenvalue weighted by Gasteiger charge is -2.20. The van der Waals surface area contributed by atoms with Crippen molar-refractivity contribution in [2.75, 3.05) is 18.5 Å². The molecule has 0 atom stereocenters. The zero-order chi connectivity index (χ0) is 11.4. The molecule has 0 aliphatic carbocycles. The van der Waals surface area contributed by atoms with Gasteiger partial charge in [-0.2, -0.15) is 0 Å². The first-order chi connectivity index (χ1) is 7.04. The van der Waals surface area contributed by atoms with Crippen molar-refractivity contribution in [3.05, 3.63) is 28.2 Å². The molecule has 0 amide bonds. The van der Waals surface area contributed by atoms with Crippen LogP contribution >= 0.6 is 15.9 Å². The van der Waals surface area contributed by atoms with Crippen molar-refractivity contribution in [3.63, 3.8) is 0 Å². The monoisotopic (exact) mass is 277 g/mol. The molecule has 0 aliphatic rings. The lowest BCUT2D eigenvalue weighted by atomic mass is 10.2. The molecule has 0 heterocycles. The van der Waals surface area contributed by atoms with Gasteiger partial charge < -0.3 is 4.90 Å². The highest BCUT2D eigenvalue weighted by Crippen LogP contribution is 2.26. The van der Waals surface area contributed by atoms with Gasteiger partial charge in [0, 0.05) is 17.1 Å². The van der Waals surface area contributed by atoms with Crippen molar-refractivity contribution in [2.45, 2.75) is 6.43 Å². The van der Waals surface area contributed by atoms with Crippen LogP contribution < -0.4 is 4.90 Å². The molecule has 0 spiro atoms. The number of nitrogens with zero attached hydrogens (tertiary/aromatic N) is 1. The molecule has 15 heavy (non-hydrogen) atoms. The van der Waals surface area contributed by atoms with Gasteiger partial charge in [0.2, 0.25) is 0 Å². The van der Waals surface area contributed by atoms with Gasteiger partial charge in [-0.05, 0) is 34.1 Å². The van der Waals surface area contributed by atoms with Crippen molar-refractivity contribution >= 4 is 27.9 Å². The Kier molecular flexibility index (Phi) is 4.20. The third-order valence-electron chi connectivity index (χ3n) is 1.93. The van der Waals surface area contributed by atoms with Crippen LogP contribution in [0, 0.1) is 0 Å². The van der Waals surface area contributed by atoms with Crippen LogP contribution in [0.5, 0.6) is 0 Å². The standard InChI is InChI=1S/C10H10BrF2NO/c1-14(5-10(12)13)9-3-2-7(6-15)4-8(9)11/h2-4,6,10H,5H2,1H3. The molecule has 1 aromatic carbocycles.